The molecule has 0 amide bonds. The number of furan rings is 2. The van der Waals surface area contributed by atoms with Crippen LogP contribution in [-0.4, -0.2) is 0 Å². The van der Waals surface area contributed by atoms with Crippen molar-refractivity contribution in [2.75, 3.05) is 4.90 Å². The van der Waals surface area contributed by atoms with Crippen LogP contribution in [0.15, 0.2) is 209 Å². The summed E-state index contributed by atoms with van der Waals surface area (Å²) in [4.78, 5) is 2.31. The fourth-order valence-corrected chi connectivity index (χ4v) is 8.30. The Morgan fingerprint density at radius 2 is 0.873 bits per heavy atom. The zero-order valence-corrected chi connectivity index (χ0v) is 29.8. The van der Waals surface area contributed by atoms with Gasteiger partial charge in [-0.25, -0.2) is 0 Å². The van der Waals surface area contributed by atoms with E-state index in [2.05, 4.69) is 187 Å². The minimum Gasteiger partial charge on any atom is -0.456 e. The molecule has 0 aliphatic carbocycles. The fourth-order valence-electron chi connectivity index (χ4n) is 8.30. The number of fused-ring (bicyclic) bond motifs is 7. The molecule has 3 nitrogen and oxygen atoms in total. The minimum absolute atomic E-state index is 0.863. The van der Waals surface area contributed by atoms with Crippen molar-refractivity contribution in [3.63, 3.8) is 0 Å². The standard InChI is InChI=1S/C52H33NO2/c1-2-11-34(12-3-1)35-21-25-38(26-22-35)53(40-29-30-44-43-16-6-8-19-47(43)55-50(44)33-40)39-27-23-37(24-28-39)42-31-32-49-52(46-17-7-9-20-48(46)54-49)51(42)45-18-10-14-36-13-4-5-15-41(36)45/h1-33H. The third kappa shape index (κ3) is 5.20. The Labute approximate surface area is 317 Å². The van der Waals surface area contributed by atoms with Gasteiger partial charge in [0.1, 0.15) is 22.3 Å². The molecule has 0 bridgehead atoms. The van der Waals surface area contributed by atoms with Crippen molar-refractivity contribution in [1.29, 1.82) is 0 Å². The first-order chi connectivity index (χ1) is 27.3. The Kier molecular flexibility index (Phi) is 7.17. The van der Waals surface area contributed by atoms with Gasteiger partial charge in [-0.3, -0.25) is 0 Å². The van der Waals surface area contributed by atoms with Crippen molar-refractivity contribution in [2.45, 2.75) is 0 Å². The van der Waals surface area contributed by atoms with E-state index in [0.29, 0.717) is 0 Å². The van der Waals surface area contributed by atoms with Crippen LogP contribution >= 0.6 is 0 Å². The van der Waals surface area contributed by atoms with Gasteiger partial charge in [0, 0.05) is 50.2 Å². The van der Waals surface area contributed by atoms with Gasteiger partial charge < -0.3 is 13.7 Å². The molecular formula is C52H33NO2. The van der Waals surface area contributed by atoms with E-state index in [9.17, 15) is 0 Å². The van der Waals surface area contributed by atoms with Crippen molar-refractivity contribution in [2.24, 2.45) is 0 Å². The van der Waals surface area contributed by atoms with E-state index in [1.54, 1.807) is 0 Å². The maximum absolute atomic E-state index is 6.44. The number of benzene rings is 9. The maximum atomic E-state index is 6.44. The van der Waals surface area contributed by atoms with Gasteiger partial charge in [0.15, 0.2) is 0 Å². The van der Waals surface area contributed by atoms with Gasteiger partial charge in [-0.05, 0) is 93.2 Å². The second-order valence-corrected chi connectivity index (χ2v) is 14.1. The van der Waals surface area contributed by atoms with Gasteiger partial charge >= 0.3 is 0 Å². The summed E-state index contributed by atoms with van der Waals surface area (Å²) in [5.41, 5.74) is 13.7. The second-order valence-electron chi connectivity index (χ2n) is 14.1. The van der Waals surface area contributed by atoms with E-state index in [0.717, 1.165) is 72.1 Å². The Bertz CT molecular complexity index is 3180. The highest BCUT2D eigenvalue weighted by Crippen LogP contribution is 2.46. The quantitative estimate of drug-likeness (QED) is 0.173. The summed E-state index contributed by atoms with van der Waals surface area (Å²) in [6.07, 6.45) is 0. The van der Waals surface area contributed by atoms with Gasteiger partial charge in [0.25, 0.3) is 0 Å². The monoisotopic (exact) mass is 703 g/mol. The van der Waals surface area contributed by atoms with Crippen molar-refractivity contribution < 1.29 is 8.83 Å². The van der Waals surface area contributed by atoms with Crippen molar-refractivity contribution in [3.05, 3.63) is 200 Å². The van der Waals surface area contributed by atoms with Crippen LogP contribution in [0.1, 0.15) is 0 Å². The van der Waals surface area contributed by atoms with Gasteiger partial charge in [-0.2, -0.15) is 0 Å². The Balaban J connectivity index is 1.08. The molecule has 0 atom stereocenters. The third-order valence-corrected chi connectivity index (χ3v) is 10.9. The molecule has 0 unspecified atom stereocenters. The first-order valence-corrected chi connectivity index (χ1v) is 18.7. The molecule has 11 aromatic rings. The highest BCUT2D eigenvalue weighted by Gasteiger charge is 2.21. The molecule has 0 aliphatic rings. The number of para-hydroxylation sites is 2. The maximum Gasteiger partial charge on any atom is 0.137 e. The van der Waals surface area contributed by atoms with Crippen LogP contribution in [-0.2, 0) is 0 Å². The zero-order chi connectivity index (χ0) is 36.3. The predicted molar refractivity (Wildman–Crippen MR) is 229 cm³/mol. The van der Waals surface area contributed by atoms with Crippen LogP contribution in [0.2, 0.25) is 0 Å². The lowest BCUT2D eigenvalue weighted by Gasteiger charge is -2.26. The Morgan fingerprint density at radius 1 is 0.309 bits per heavy atom. The molecule has 0 N–H and O–H groups in total. The fraction of sp³-hybridized carbons (Fsp3) is 0. The van der Waals surface area contributed by atoms with Crippen LogP contribution in [0.3, 0.4) is 0 Å². The molecule has 11 rings (SSSR count). The summed E-state index contributed by atoms with van der Waals surface area (Å²) in [5, 5.41) is 6.90. The molecule has 0 radical (unpaired) electrons. The normalized spacial score (nSPS) is 11.6. The number of rotatable bonds is 6. The first-order valence-electron chi connectivity index (χ1n) is 18.7. The number of hydrogen-bond acceptors (Lipinski definition) is 3. The summed E-state index contributed by atoms with van der Waals surface area (Å²) >= 11 is 0. The molecule has 258 valence electrons. The SMILES string of the molecule is c1ccc(-c2ccc(N(c3ccc(-c4ccc5oc6ccccc6c5c4-c4cccc5ccccc45)cc3)c3ccc4c(c3)oc3ccccc34)cc2)cc1. The Morgan fingerprint density at radius 3 is 1.65 bits per heavy atom. The lowest BCUT2D eigenvalue weighted by molar-refractivity contribution is 0.668. The van der Waals surface area contributed by atoms with E-state index in [4.69, 9.17) is 8.83 Å². The van der Waals surface area contributed by atoms with Gasteiger partial charge in [0.05, 0.1) is 0 Å². The summed E-state index contributed by atoms with van der Waals surface area (Å²) in [5.74, 6) is 0. The molecule has 0 aliphatic heterocycles. The largest absolute Gasteiger partial charge is 0.456 e. The molecule has 0 saturated carbocycles. The number of hydrogen-bond donors (Lipinski definition) is 0. The van der Waals surface area contributed by atoms with E-state index < -0.39 is 0 Å². The highest BCUT2D eigenvalue weighted by molar-refractivity contribution is 6.18. The molecule has 3 heteroatoms. The van der Waals surface area contributed by atoms with Gasteiger partial charge in [-0.1, -0.05) is 140 Å². The molecule has 0 saturated heterocycles. The highest BCUT2D eigenvalue weighted by atomic mass is 16.3. The first kappa shape index (κ1) is 31.2. The molecule has 9 aromatic carbocycles. The summed E-state index contributed by atoms with van der Waals surface area (Å²) in [7, 11) is 0. The second kappa shape index (κ2) is 12.6. The molecule has 0 fully saturated rings. The van der Waals surface area contributed by atoms with Crippen LogP contribution in [0.5, 0.6) is 0 Å². The van der Waals surface area contributed by atoms with Crippen molar-refractivity contribution in [1.82, 2.24) is 0 Å². The van der Waals surface area contributed by atoms with Crippen molar-refractivity contribution in [3.8, 4) is 33.4 Å². The average Bonchev–Trinajstić information content (AvgIpc) is 3.82. The number of anilines is 3. The summed E-state index contributed by atoms with van der Waals surface area (Å²) < 4.78 is 12.8. The third-order valence-electron chi connectivity index (χ3n) is 10.9. The van der Waals surface area contributed by atoms with Crippen LogP contribution in [0, 0.1) is 0 Å². The van der Waals surface area contributed by atoms with Crippen molar-refractivity contribution >= 4 is 71.7 Å². The van der Waals surface area contributed by atoms with Gasteiger partial charge in [-0.15, -0.1) is 0 Å². The molecule has 2 aromatic heterocycles. The van der Waals surface area contributed by atoms with Crippen LogP contribution < -0.4 is 4.90 Å². The molecule has 0 spiro atoms. The molecule has 2 heterocycles. The molecule has 55 heavy (non-hydrogen) atoms. The van der Waals surface area contributed by atoms with Crippen LogP contribution in [0.4, 0.5) is 17.1 Å². The zero-order valence-electron chi connectivity index (χ0n) is 29.8. The predicted octanol–water partition coefficient (Wildman–Crippen LogP) is 15.1. The average molecular weight is 704 g/mol. The summed E-state index contributed by atoms with van der Waals surface area (Å²) in [6.45, 7) is 0. The van der Waals surface area contributed by atoms with E-state index in [-0.39, 0.29) is 0 Å². The van der Waals surface area contributed by atoms with E-state index >= 15 is 0 Å². The topological polar surface area (TPSA) is 29.5 Å². The van der Waals surface area contributed by atoms with E-state index in [1.807, 2.05) is 18.2 Å². The smallest absolute Gasteiger partial charge is 0.137 e. The molecular weight excluding hydrogens is 671 g/mol. The number of nitrogens with zero attached hydrogens (tertiary/aromatic N) is 1. The minimum atomic E-state index is 0.863. The van der Waals surface area contributed by atoms with Gasteiger partial charge in [0.2, 0.25) is 0 Å². The van der Waals surface area contributed by atoms with Crippen LogP contribution in [0.25, 0.3) is 88.0 Å². The lowest BCUT2D eigenvalue weighted by Crippen LogP contribution is -2.09. The summed E-state index contributed by atoms with van der Waals surface area (Å²) in [6, 6.07) is 71.0. The Hall–Kier alpha value is -7.36. The lowest BCUT2D eigenvalue weighted by atomic mass is 9.88. The van der Waals surface area contributed by atoms with E-state index in [1.165, 1.54) is 33.0 Å².